The minimum Gasteiger partial charge on any atom is -0.396 e. The van der Waals surface area contributed by atoms with Gasteiger partial charge in [0.25, 0.3) is 0 Å². The number of hydrogen-bond acceptors (Lipinski definition) is 2. The van der Waals surface area contributed by atoms with Crippen molar-refractivity contribution in [1.82, 2.24) is 0 Å². The summed E-state index contributed by atoms with van der Waals surface area (Å²) in [4.78, 5) is 0. The van der Waals surface area contributed by atoms with Crippen molar-refractivity contribution >= 4 is 0 Å². The molecule has 4 atom stereocenters. The van der Waals surface area contributed by atoms with E-state index in [9.17, 15) is 13.2 Å². The Morgan fingerprint density at radius 2 is 2.00 bits per heavy atom. The Morgan fingerprint density at radius 3 is 2.60 bits per heavy atom. The molecule has 1 heterocycles. The normalized spacial score (nSPS) is 41.6. The first-order chi connectivity index (χ1) is 7.02. The first kappa shape index (κ1) is 11.2. The molecule has 2 rings (SSSR count). The minimum absolute atomic E-state index is 0.0600. The van der Waals surface area contributed by atoms with Crippen molar-refractivity contribution in [3.63, 3.8) is 0 Å². The third-order valence-electron chi connectivity index (χ3n) is 3.67. The van der Waals surface area contributed by atoms with E-state index in [0.29, 0.717) is 6.61 Å². The predicted octanol–water partition coefficient (Wildman–Crippen LogP) is 1.97. The topological polar surface area (TPSA) is 29.5 Å². The summed E-state index contributed by atoms with van der Waals surface area (Å²) in [6.07, 6.45) is -3.51. The molecule has 1 N–H and O–H groups in total. The number of aliphatic hydroxyl groups excluding tert-OH is 1. The van der Waals surface area contributed by atoms with Gasteiger partial charge in [-0.15, -0.1) is 0 Å². The highest BCUT2D eigenvalue weighted by Gasteiger charge is 2.50. The molecule has 1 saturated heterocycles. The standard InChI is InChI=1S/C10H15F3O2/c11-10(12,13)7-3-6(5-14)8-1-2-15-9(8)4-7/h6-9,14H,1-5H2/t6-,7-,8-,9-/m0/s1. The fraction of sp³-hybridized carbons (Fsp3) is 1.00. The van der Waals surface area contributed by atoms with E-state index in [2.05, 4.69) is 0 Å². The smallest absolute Gasteiger partial charge is 0.391 e. The lowest BCUT2D eigenvalue weighted by Crippen LogP contribution is -2.40. The lowest BCUT2D eigenvalue weighted by Gasteiger charge is -2.37. The Hall–Kier alpha value is -0.290. The molecule has 0 bridgehead atoms. The van der Waals surface area contributed by atoms with Crippen molar-refractivity contribution in [3.05, 3.63) is 0 Å². The number of alkyl halides is 3. The summed E-state index contributed by atoms with van der Waals surface area (Å²) >= 11 is 0. The molecule has 0 aromatic carbocycles. The average Bonchev–Trinajstić information content (AvgIpc) is 2.62. The molecular weight excluding hydrogens is 209 g/mol. The summed E-state index contributed by atoms with van der Waals surface area (Å²) < 4.78 is 43.0. The maximum absolute atomic E-state index is 12.6. The molecule has 1 saturated carbocycles. The predicted molar refractivity (Wildman–Crippen MR) is 47.2 cm³/mol. The van der Waals surface area contributed by atoms with Gasteiger partial charge < -0.3 is 9.84 Å². The molecule has 0 amide bonds. The van der Waals surface area contributed by atoms with Crippen molar-refractivity contribution in [1.29, 1.82) is 0 Å². The Morgan fingerprint density at radius 1 is 1.27 bits per heavy atom. The quantitative estimate of drug-likeness (QED) is 0.738. The van der Waals surface area contributed by atoms with Crippen LogP contribution in [0.15, 0.2) is 0 Å². The van der Waals surface area contributed by atoms with Gasteiger partial charge >= 0.3 is 6.18 Å². The van der Waals surface area contributed by atoms with E-state index in [1.165, 1.54) is 0 Å². The SMILES string of the molecule is OC[C@@H]1C[C@H](C(F)(F)F)C[C@@H]2OCC[C@@H]12. The van der Waals surface area contributed by atoms with Gasteiger partial charge in [-0.1, -0.05) is 0 Å². The van der Waals surface area contributed by atoms with Crippen LogP contribution < -0.4 is 0 Å². The molecule has 2 aliphatic rings. The fourth-order valence-electron chi connectivity index (χ4n) is 2.84. The third-order valence-corrected chi connectivity index (χ3v) is 3.67. The number of aliphatic hydroxyl groups is 1. The Balaban J connectivity index is 2.08. The first-order valence-corrected chi connectivity index (χ1v) is 5.31. The van der Waals surface area contributed by atoms with Gasteiger partial charge in [-0.25, -0.2) is 0 Å². The summed E-state index contributed by atoms with van der Waals surface area (Å²) in [5.74, 6) is -1.40. The Bertz CT molecular complexity index is 229. The molecule has 5 heteroatoms. The van der Waals surface area contributed by atoms with E-state index in [-0.39, 0.29) is 37.4 Å². The molecule has 2 nitrogen and oxygen atoms in total. The average molecular weight is 224 g/mol. The van der Waals surface area contributed by atoms with Gasteiger partial charge in [0.15, 0.2) is 0 Å². The van der Waals surface area contributed by atoms with E-state index in [1.54, 1.807) is 0 Å². The van der Waals surface area contributed by atoms with Crippen LogP contribution in [0, 0.1) is 17.8 Å². The maximum Gasteiger partial charge on any atom is 0.391 e. The molecule has 0 radical (unpaired) electrons. The molecule has 88 valence electrons. The second kappa shape index (κ2) is 3.94. The van der Waals surface area contributed by atoms with Gasteiger partial charge in [0.1, 0.15) is 0 Å². The van der Waals surface area contributed by atoms with E-state index in [1.807, 2.05) is 0 Å². The van der Waals surface area contributed by atoms with Crippen LogP contribution in [0.1, 0.15) is 19.3 Å². The van der Waals surface area contributed by atoms with Crippen molar-refractivity contribution in [2.24, 2.45) is 17.8 Å². The van der Waals surface area contributed by atoms with Crippen LogP contribution >= 0.6 is 0 Å². The van der Waals surface area contributed by atoms with Gasteiger partial charge in [0.05, 0.1) is 12.0 Å². The van der Waals surface area contributed by atoms with E-state index >= 15 is 0 Å². The second-order valence-corrected chi connectivity index (χ2v) is 4.51. The van der Waals surface area contributed by atoms with Gasteiger partial charge in [-0.2, -0.15) is 13.2 Å². The fourth-order valence-corrected chi connectivity index (χ4v) is 2.84. The van der Waals surface area contributed by atoms with Crippen molar-refractivity contribution in [2.75, 3.05) is 13.2 Å². The second-order valence-electron chi connectivity index (χ2n) is 4.51. The molecular formula is C10H15F3O2. The van der Waals surface area contributed by atoms with E-state index in [4.69, 9.17) is 9.84 Å². The van der Waals surface area contributed by atoms with Crippen LogP contribution in [0.5, 0.6) is 0 Å². The molecule has 0 unspecified atom stereocenters. The molecule has 0 aromatic heterocycles. The number of halogens is 3. The lowest BCUT2D eigenvalue weighted by molar-refractivity contribution is -0.199. The highest BCUT2D eigenvalue weighted by atomic mass is 19.4. The summed E-state index contributed by atoms with van der Waals surface area (Å²) in [5, 5.41) is 9.10. The zero-order valence-corrected chi connectivity index (χ0v) is 8.33. The summed E-state index contributed by atoms with van der Waals surface area (Å²) in [6.45, 7) is 0.382. The van der Waals surface area contributed by atoms with Crippen molar-refractivity contribution in [2.45, 2.75) is 31.5 Å². The summed E-state index contributed by atoms with van der Waals surface area (Å²) in [6, 6.07) is 0. The van der Waals surface area contributed by atoms with Gasteiger partial charge in [0, 0.05) is 13.2 Å². The van der Waals surface area contributed by atoms with Crippen LogP contribution in [0.2, 0.25) is 0 Å². The van der Waals surface area contributed by atoms with Gasteiger partial charge in [-0.05, 0) is 31.1 Å². The highest BCUT2D eigenvalue weighted by molar-refractivity contribution is 4.91. The molecule has 15 heavy (non-hydrogen) atoms. The van der Waals surface area contributed by atoms with Crippen LogP contribution in [0.25, 0.3) is 0 Å². The lowest BCUT2D eigenvalue weighted by atomic mass is 9.72. The molecule has 0 aromatic rings. The van der Waals surface area contributed by atoms with E-state index in [0.717, 1.165) is 6.42 Å². The zero-order valence-electron chi connectivity index (χ0n) is 8.33. The van der Waals surface area contributed by atoms with Crippen LogP contribution in [0.3, 0.4) is 0 Å². The molecule has 1 aliphatic carbocycles. The number of rotatable bonds is 1. The summed E-state index contributed by atoms with van der Waals surface area (Å²) in [7, 11) is 0. The number of fused-ring (bicyclic) bond motifs is 1. The van der Waals surface area contributed by atoms with E-state index < -0.39 is 12.1 Å². The van der Waals surface area contributed by atoms with Crippen LogP contribution in [-0.2, 0) is 4.74 Å². The highest BCUT2D eigenvalue weighted by Crippen LogP contribution is 2.46. The molecule has 1 aliphatic heterocycles. The van der Waals surface area contributed by atoms with Crippen LogP contribution in [-0.4, -0.2) is 30.6 Å². The van der Waals surface area contributed by atoms with Crippen molar-refractivity contribution in [3.8, 4) is 0 Å². The minimum atomic E-state index is -4.15. The number of hydrogen-bond donors (Lipinski definition) is 1. The monoisotopic (exact) mass is 224 g/mol. The van der Waals surface area contributed by atoms with Gasteiger partial charge in [-0.3, -0.25) is 0 Å². The summed E-state index contributed by atoms with van der Waals surface area (Å²) in [5.41, 5.74) is 0. The number of ether oxygens (including phenoxy) is 1. The molecule has 0 spiro atoms. The maximum atomic E-state index is 12.6. The molecule has 2 fully saturated rings. The first-order valence-electron chi connectivity index (χ1n) is 5.31. The largest absolute Gasteiger partial charge is 0.396 e. The zero-order chi connectivity index (χ0) is 11.1. The Kier molecular flexibility index (Phi) is 2.94. The van der Waals surface area contributed by atoms with Crippen LogP contribution in [0.4, 0.5) is 13.2 Å². The Labute approximate surface area is 86.4 Å². The third kappa shape index (κ3) is 2.13. The van der Waals surface area contributed by atoms with Crippen molar-refractivity contribution < 1.29 is 23.0 Å². The van der Waals surface area contributed by atoms with Gasteiger partial charge in [0.2, 0.25) is 0 Å².